The summed E-state index contributed by atoms with van der Waals surface area (Å²) in [6, 6.07) is 0. The number of hydrogen-bond acceptors (Lipinski definition) is 3. The summed E-state index contributed by atoms with van der Waals surface area (Å²) in [5.41, 5.74) is -0.458. The largest absolute Gasteiger partial charge is 0.468 e. The Morgan fingerprint density at radius 1 is 1.65 bits per heavy atom. The number of carbonyl (C=O) groups is 2. The van der Waals surface area contributed by atoms with Crippen LogP contribution in [0.15, 0.2) is 12.2 Å². The minimum Gasteiger partial charge on any atom is -0.468 e. The molecule has 1 aliphatic carbocycles. The lowest BCUT2D eigenvalue weighted by Gasteiger charge is -2.25. The summed E-state index contributed by atoms with van der Waals surface area (Å²) < 4.78 is 4.76. The van der Waals surface area contributed by atoms with Crippen molar-refractivity contribution in [2.24, 2.45) is 11.3 Å². The molecule has 0 bridgehead atoms. The topological polar surface area (TPSA) is 43.4 Å². The van der Waals surface area contributed by atoms with E-state index >= 15 is 0 Å². The Morgan fingerprint density at radius 3 is 2.76 bits per heavy atom. The molecule has 0 aromatic heterocycles. The third kappa shape index (κ3) is 2.12. The predicted molar refractivity (Wildman–Crippen MR) is 65.1 cm³/mol. The summed E-state index contributed by atoms with van der Waals surface area (Å²) in [4.78, 5) is 23.7. The molecule has 0 N–H and O–H groups in total. The van der Waals surface area contributed by atoms with E-state index in [0.29, 0.717) is 18.4 Å². The molecule has 0 radical (unpaired) electrons. The van der Waals surface area contributed by atoms with Crippen LogP contribution in [0.3, 0.4) is 0 Å². The molecule has 0 aromatic rings. The van der Waals surface area contributed by atoms with Crippen LogP contribution in [0, 0.1) is 23.7 Å². The molecule has 1 saturated carbocycles. The van der Waals surface area contributed by atoms with Crippen LogP contribution >= 0.6 is 0 Å². The molecule has 1 rings (SSSR count). The number of carbonyl (C=O) groups excluding carboxylic acids is 2. The van der Waals surface area contributed by atoms with Crippen molar-refractivity contribution in [2.75, 3.05) is 7.11 Å². The van der Waals surface area contributed by atoms with Gasteiger partial charge in [-0.1, -0.05) is 6.58 Å². The van der Waals surface area contributed by atoms with Gasteiger partial charge in [0.1, 0.15) is 5.41 Å². The molecule has 1 aliphatic rings. The first-order valence-electron chi connectivity index (χ1n) is 5.73. The van der Waals surface area contributed by atoms with E-state index in [9.17, 15) is 9.59 Å². The van der Waals surface area contributed by atoms with Crippen LogP contribution in [-0.4, -0.2) is 18.9 Å². The molecular weight excluding hydrogens is 216 g/mol. The Hall–Kier alpha value is -1.56. The number of hydrogen-bond donors (Lipinski definition) is 0. The van der Waals surface area contributed by atoms with E-state index in [1.807, 2.05) is 0 Å². The first-order chi connectivity index (χ1) is 8.00. The fourth-order valence-electron chi connectivity index (χ4n) is 2.60. The van der Waals surface area contributed by atoms with Crippen LogP contribution in [0.1, 0.15) is 32.6 Å². The molecule has 0 heterocycles. The maximum atomic E-state index is 11.9. The molecule has 0 amide bonds. The fraction of sp³-hybridized carbons (Fsp3) is 0.571. The van der Waals surface area contributed by atoms with Crippen molar-refractivity contribution >= 4 is 11.8 Å². The van der Waals surface area contributed by atoms with E-state index in [2.05, 4.69) is 12.5 Å². The summed E-state index contributed by atoms with van der Waals surface area (Å²) in [7, 11) is 1.30. The third-order valence-corrected chi connectivity index (χ3v) is 3.68. The molecule has 3 heteroatoms. The van der Waals surface area contributed by atoms with Gasteiger partial charge in [-0.05, 0) is 37.7 Å². The second kappa shape index (κ2) is 5.18. The van der Waals surface area contributed by atoms with Gasteiger partial charge in [0.25, 0.3) is 0 Å². The zero-order valence-corrected chi connectivity index (χ0v) is 10.4. The van der Waals surface area contributed by atoms with Gasteiger partial charge in [-0.3, -0.25) is 9.59 Å². The SMILES string of the molecule is C#CCC[C@@H]1CC[C@@](C(C)=O)(C(=O)OC)C1=C. The minimum absolute atomic E-state index is 0.147. The van der Waals surface area contributed by atoms with Crippen LogP contribution in [0.4, 0.5) is 0 Å². The lowest BCUT2D eigenvalue weighted by molar-refractivity contribution is -0.154. The van der Waals surface area contributed by atoms with Crippen LogP contribution in [0.2, 0.25) is 0 Å². The zero-order valence-electron chi connectivity index (χ0n) is 10.4. The normalized spacial score (nSPS) is 27.6. The lowest BCUT2D eigenvalue weighted by Crippen LogP contribution is -2.38. The number of terminal acetylenes is 1. The summed E-state index contributed by atoms with van der Waals surface area (Å²) in [5, 5.41) is 0. The van der Waals surface area contributed by atoms with Crippen molar-refractivity contribution in [3.63, 3.8) is 0 Å². The molecule has 0 aromatic carbocycles. The maximum Gasteiger partial charge on any atom is 0.323 e. The Morgan fingerprint density at radius 2 is 2.29 bits per heavy atom. The van der Waals surface area contributed by atoms with Crippen LogP contribution < -0.4 is 0 Å². The Balaban J connectivity index is 2.97. The first kappa shape index (κ1) is 13.5. The molecular formula is C14H18O3. The van der Waals surface area contributed by atoms with Gasteiger partial charge in [0, 0.05) is 6.42 Å². The van der Waals surface area contributed by atoms with Crippen molar-refractivity contribution in [1.82, 2.24) is 0 Å². The smallest absolute Gasteiger partial charge is 0.323 e. The molecule has 2 atom stereocenters. The van der Waals surface area contributed by atoms with Crippen molar-refractivity contribution < 1.29 is 14.3 Å². The minimum atomic E-state index is -1.13. The van der Waals surface area contributed by atoms with Crippen LogP contribution in [-0.2, 0) is 14.3 Å². The zero-order chi connectivity index (χ0) is 13.1. The van der Waals surface area contributed by atoms with E-state index in [4.69, 9.17) is 11.2 Å². The van der Waals surface area contributed by atoms with Gasteiger partial charge in [0.05, 0.1) is 7.11 Å². The van der Waals surface area contributed by atoms with Crippen molar-refractivity contribution in [3.05, 3.63) is 12.2 Å². The number of methoxy groups -OCH3 is 1. The summed E-state index contributed by atoms with van der Waals surface area (Å²) in [5.74, 6) is 2.05. The maximum absolute atomic E-state index is 11.9. The monoisotopic (exact) mass is 234 g/mol. The quantitative estimate of drug-likeness (QED) is 0.324. The number of esters is 1. The van der Waals surface area contributed by atoms with Gasteiger partial charge in [-0.25, -0.2) is 0 Å². The molecule has 3 nitrogen and oxygen atoms in total. The van der Waals surface area contributed by atoms with Crippen LogP contribution in [0.25, 0.3) is 0 Å². The lowest BCUT2D eigenvalue weighted by atomic mass is 9.77. The highest BCUT2D eigenvalue weighted by Gasteiger charge is 2.52. The highest BCUT2D eigenvalue weighted by Crippen LogP contribution is 2.48. The van der Waals surface area contributed by atoms with Crippen molar-refractivity contribution in [3.8, 4) is 12.3 Å². The Labute approximate surface area is 102 Å². The van der Waals surface area contributed by atoms with E-state index < -0.39 is 11.4 Å². The number of ether oxygens (including phenoxy) is 1. The third-order valence-electron chi connectivity index (χ3n) is 3.68. The van der Waals surface area contributed by atoms with E-state index in [1.165, 1.54) is 14.0 Å². The van der Waals surface area contributed by atoms with Gasteiger partial charge >= 0.3 is 5.97 Å². The fourth-order valence-corrected chi connectivity index (χ4v) is 2.60. The van der Waals surface area contributed by atoms with Gasteiger partial charge in [-0.2, -0.15) is 0 Å². The van der Waals surface area contributed by atoms with Crippen LogP contribution in [0.5, 0.6) is 0 Å². The molecule has 0 unspecified atom stereocenters. The second-order valence-corrected chi connectivity index (χ2v) is 4.46. The van der Waals surface area contributed by atoms with E-state index in [0.717, 1.165) is 12.8 Å². The number of ketones is 1. The molecule has 92 valence electrons. The van der Waals surface area contributed by atoms with Crippen molar-refractivity contribution in [2.45, 2.75) is 32.6 Å². The summed E-state index contributed by atoms with van der Waals surface area (Å²) >= 11 is 0. The molecule has 1 fully saturated rings. The van der Waals surface area contributed by atoms with Gasteiger partial charge in [0.2, 0.25) is 0 Å². The van der Waals surface area contributed by atoms with Gasteiger partial charge in [0.15, 0.2) is 5.78 Å². The highest BCUT2D eigenvalue weighted by atomic mass is 16.5. The average molecular weight is 234 g/mol. The molecule has 17 heavy (non-hydrogen) atoms. The summed E-state index contributed by atoms with van der Waals surface area (Å²) in [6.07, 6.45) is 7.91. The Bertz CT molecular complexity index is 389. The molecule has 0 saturated heterocycles. The average Bonchev–Trinajstić information content (AvgIpc) is 2.64. The van der Waals surface area contributed by atoms with Gasteiger partial charge in [-0.15, -0.1) is 12.3 Å². The van der Waals surface area contributed by atoms with E-state index in [1.54, 1.807) is 0 Å². The molecule has 0 spiro atoms. The number of Topliss-reactive ketones (excluding diaryl/α,β-unsaturated/α-hetero) is 1. The predicted octanol–water partition coefficient (Wildman–Crippen LogP) is 2.11. The van der Waals surface area contributed by atoms with E-state index in [-0.39, 0.29) is 11.7 Å². The van der Waals surface area contributed by atoms with Crippen molar-refractivity contribution in [1.29, 1.82) is 0 Å². The Kier molecular flexibility index (Phi) is 4.11. The second-order valence-electron chi connectivity index (χ2n) is 4.46. The molecule has 0 aliphatic heterocycles. The number of rotatable bonds is 4. The highest BCUT2D eigenvalue weighted by molar-refractivity contribution is 6.06. The standard InChI is InChI=1S/C14H18O3/c1-5-6-7-12-8-9-14(10(12)2,11(3)15)13(16)17-4/h1,12H,2,6-9H2,3-4H3/t12-,14-/m1/s1. The van der Waals surface area contributed by atoms with Gasteiger partial charge < -0.3 is 4.74 Å². The first-order valence-corrected chi connectivity index (χ1v) is 5.73. The summed E-state index contributed by atoms with van der Waals surface area (Å²) in [6.45, 7) is 5.36.